The quantitative estimate of drug-likeness (QED) is 0.431. The van der Waals surface area contributed by atoms with E-state index in [1.54, 1.807) is 0 Å². The van der Waals surface area contributed by atoms with Crippen molar-refractivity contribution < 1.29 is 4.74 Å². The van der Waals surface area contributed by atoms with Crippen molar-refractivity contribution in [2.24, 2.45) is 5.92 Å². The Bertz CT molecular complexity index is 134. The number of allylic oxidation sites excluding steroid dienone is 1. The fourth-order valence-electron chi connectivity index (χ4n) is 0.390. The van der Waals surface area contributed by atoms with Gasteiger partial charge in [0.25, 0.3) is 0 Å². The van der Waals surface area contributed by atoms with Gasteiger partial charge in [0.05, 0.1) is 6.61 Å². The van der Waals surface area contributed by atoms with Crippen LogP contribution in [-0.4, -0.2) is 6.61 Å². The van der Waals surface area contributed by atoms with Crippen molar-refractivity contribution >= 4 is 0 Å². The summed E-state index contributed by atoms with van der Waals surface area (Å²) in [5, 5.41) is 0. The molecule has 1 nitrogen and oxygen atoms in total. The van der Waals surface area contributed by atoms with Crippen molar-refractivity contribution in [2.45, 2.75) is 20.8 Å². The van der Waals surface area contributed by atoms with Gasteiger partial charge >= 0.3 is 0 Å². The largest absolute Gasteiger partial charge is 0.494 e. The number of ether oxygens (including phenoxy) is 1. The Labute approximate surface area is 63.4 Å². The lowest BCUT2D eigenvalue weighted by molar-refractivity contribution is 0.187. The summed E-state index contributed by atoms with van der Waals surface area (Å²) in [6.07, 6.45) is 0. The molecule has 10 heavy (non-hydrogen) atoms. The van der Waals surface area contributed by atoms with Crippen molar-refractivity contribution in [3.8, 4) is 0 Å². The summed E-state index contributed by atoms with van der Waals surface area (Å²) in [7, 11) is 0. The monoisotopic (exact) mass is 140 g/mol. The molecule has 0 fully saturated rings. The molecule has 0 aliphatic heterocycles. The Morgan fingerprint density at radius 3 is 2.20 bits per heavy atom. The molecule has 0 amide bonds. The van der Waals surface area contributed by atoms with E-state index in [1.807, 2.05) is 6.92 Å². The molecular weight excluding hydrogens is 124 g/mol. The lowest BCUT2D eigenvalue weighted by Gasteiger charge is -2.09. The third kappa shape index (κ3) is 4.19. The van der Waals surface area contributed by atoms with E-state index in [-0.39, 0.29) is 0 Å². The van der Waals surface area contributed by atoms with Gasteiger partial charge in [-0.1, -0.05) is 27.0 Å². The number of hydrogen-bond donors (Lipinski definition) is 0. The number of hydrogen-bond acceptors (Lipinski definition) is 1. The fraction of sp³-hybridized carbons (Fsp3) is 0.556. The Morgan fingerprint density at radius 2 is 1.90 bits per heavy atom. The van der Waals surface area contributed by atoms with E-state index >= 15 is 0 Å². The summed E-state index contributed by atoms with van der Waals surface area (Å²) < 4.78 is 5.27. The molecule has 0 aliphatic carbocycles. The standard InChI is InChI=1S/C9H16O/c1-7(2)6-10-9(5)8(3)4/h7H,3,5-6H2,1-2,4H3. The second-order valence-corrected chi connectivity index (χ2v) is 2.91. The fourth-order valence-corrected chi connectivity index (χ4v) is 0.390. The first-order chi connectivity index (χ1) is 4.54. The lowest BCUT2D eigenvalue weighted by atomic mass is 10.2. The third-order valence-electron chi connectivity index (χ3n) is 1.07. The highest BCUT2D eigenvalue weighted by molar-refractivity contribution is 5.15. The average Bonchev–Trinajstić information content (AvgIpc) is 1.82. The van der Waals surface area contributed by atoms with Crippen LogP contribution in [0.4, 0.5) is 0 Å². The molecule has 0 N–H and O–H groups in total. The van der Waals surface area contributed by atoms with E-state index in [9.17, 15) is 0 Å². The van der Waals surface area contributed by atoms with Crippen molar-refractivity contribution in [1.29, 1.82) is 0 Å². The van der Waals surface area contributed by atoms with Crippen molar-refractivity contribution in [2.75, 3.05) is 6.61 Å². The molecule has 0 atom stereocenters. The second-order valence-electron chi connectivity index (χ2n) is 2.91. The van der Waals surface area contributed by atoms with Gasteiger partial charge in [-0.15, -0.1) is 0 Å². The van der Waals surface area contributed by atoms with Gasteiger partial charge in [0.1, 0.15) is 5.76 Å². The van der Waals surface area contributed by atoms with E-state index in [0.717, 1.165) is 12.2 Å². The van der Waals surface area contributed by atoms with Gasteiger partial charge < -0.3 is 4.74 Å². The van der Waals surface area contributed by atoms with Gasteiger partial charge in [-0.2, -0.15) is 0 Å². The molecule has 0 aromatic carbocycles. The van der Waals surface area contributed by atoms with Crippen LogP contribution >= 0.6 is 0 Å². The third-order valence-corrected chi connectivity index (χ3v) is 1.07. The smallest absolute Gasteiger partial charge is 0.114 e. The molecule has 0 unspecified atom stereocenters. The zero-order valence-corrected chi connectivity index (χ0v) is 7.11. The van der Waals surface area contributed by atoms with Crippen LogP contribution in [0.5, 0.6) is 0 Å². The molecule has 0 aliphatic rings. The summed E-state index contributed by atoms with van der Waals surface area (Å²) >= 11 is 0. The lowest BCUT2D eigenvalue weighted by Crippen LogP contribution is -2.01. The minimum Gasteiger partial charge on any atom is -0.494 e. The van der Waals surface area contributed by atoms with E-state index < -0.39 is 0 Å². The Balaban J connectivity index is 3.50. The minimum absolute atomic E-state index is 0.552. The summed E-state index contributed by atoms with van der Waals surface area (Å²) in [6, 6.07) is 0. The molecule has 58 valence electrons. The first kappa shape index (κ1) is 9.28. The maximum absolute atomic E-state index is 5.27. The number of rotatable bonds is 4. The van der Waals surface area contributed by atoms with Crippen molar-refractivity contribution in [3.63, 3.8) is 0 Å². The first-order valence-corrected chi connectivity index (χ1v) is 3.51. The van der Waals surface area contributed by atoms with Crippen LogP contribution in [0.25, 0.3) is 0 Å². The second kappa shape index (κ2) is 4.15. The van der Waals surface area contributed by atoms with E-state index in [2.05, 4.69) is 27.0 Å². The highest BCUT2D eigenvalue weighted by Gasteiger charge is 1.96. The summed E-state index contributed by atoms with van der Waals surface area (Å²) in [4.78, 5) is 0. The molecule has 0 aromatic rings. The van der Waals surface area contributed by atoms with E-state index in [0.29, 0.717) is 11.7 Å². The Morgan fingerprint density at radius 1 is 1.40 bits per heavy atom. The Hall–Kier alpha value is -0.720. The molecule has 0 spiro atoms. The molecule has 0 heterocycles. The highest BCUT2D eigenvalue weighted by atomic mass is 16.5. The average molecular weight is 140 g/mol. The van der Waals surface area contributed by atoms with Crippen LogP contribution in [0.15, 0.2) is 24.5 Å². The maximum atomic E-state index is 5.27. The highest BCUT2D eigenvalue weighted by Crippen LogP contribution is 2.06. The van der Waals surface area contributed by atoms with Crippen molar-refractivity contribution in [3.05, 3.63) is 24.5 Å². The predicted octanol–water partition coefficient (Wildman–Crippen LogP) is 2.75. The van der Waals surface area contributed by atoms with Gasteiger partial charge in [0, 0.05) is 0 Å². The van der Waals surface area contributed by atoms with Gasteiger partial charge in [-0.3, -0.25) is 0 Å². The Kier molecular flexibility index (Phi) is 3.85. The van der Waals surface area contributed by atoms with E-state index in [1.165, 1.54) is 0 Å². The van der Waals surface area contributed by atoms with Crippen LogP contribution in [0.1, 0.15) is 20.8 Å². The maximum Gasteiger partial charge on any atom is 0.114 e. The molecule has 0 rings (SSSR count). The minimum atomic E-state index is 0.552. The molecule has 0 radical (unpaired) electrons. The van der Waals surface area contributed by atoms with Crippen LogP contribution in [0.3, 0.4) is 0 Å². The predicted molar refractivity (Wildman–Crippen MR) is 44.7 cm³/mol. The van der Waals surface area contributed by atoms with Gasteiger partial charge in [0.15, 0.2) is 0 Å². The zero-order chi connectivity index (χ0) is 8.15. The summed E-state index contributed by atoms with van der Waals surface area (Å²) in [6.45, 7) is 14.2. The van der Waals surface area contributed by atoms with Gasteiger partial charge in [0.2, 0.25) is 0 Å². The van der Waals surface area contributed by atoms with Crippen molar-refractivity contribution in [1.82, 2.24) is 0 Å². The molecule has 0 bridgehead atoms. The normalized spacial score (nSPS) is 9.60. The summed E-state index contributed by atoms with van der Waals surface area (Å²) in [5.41, 5.74) is 0.903. The molecule has 1 heteroatoms. The molecular formula is C9H16O. The topological polar surface area (TPSA) is 9.23 Å². The van der Waals surface area contributed by atoms with E-state index in [4.69, 9.17) is 4.74 Å². The van der Waals surface area contributed by atoms with Gasteiger partial charge in [-0.25, -0.2) is 0 Å². The summed E-state index contributed by atoms with van der Waals surface area (Å²) in [5.74, 6) is 1.25. The molecule has 0 saturated heterocycles. The van der Waals surface area contributed by atoms with Crippen LogP contribution in [0.2, 0.25) is 0 Å². The molecule has 0 aromatic heterocycles. The SMILES string of the molecule is C=C(C)C(=C)OCC(C)C. The van der Waals surface area contributed by atoms with Crippen LogP contribution in [-0.2, 0) is 4.74 Å². The van der Waals surface area contributed by atoms with Crippen LogP contribution < -0.4 is 0 Å². The van der Waals surface area contributed by atoms with Gasteiger partial charge in [-0.05, 0) is 18.4 Å². The zero-order valence-electron chi connectivity index (χ0n) is 7.11. The first-order valence-electron chi connectivity index (χ1n) is 3.51. The van der Waals surface area contributed by atoms with Crippen LogP contribution in [0, 0.1) is 5.92 Å². The molecule has 0 saturated carbocycles.